The monoisotopic (exact) mass is 138 g/mol. The van der Waals surface area contributed by atoms with Crippen molar-refractivity contribution in [2.45, 2.75) is 19.2 Å². The lowest BCUT2D eigenvalue weighted by atomic mass is 10.1. The van der Waals surface area contributed by atoms with Gasteiger partial charge < -0.3 is 0 Å². The molecule has 0 rings (SSSR count). The average Bonchev–Trinajstić information content (AvgIpc) is 1.65. The fraction of sp³-hybridized carbons (Fsp3) is 1.00. The van der Waals surface area contributed by atoms with Crippen LogP contribution < -0.4 is 0 Å². The van der Waals surface area contributed by atoms with Crippen LogP contribution in [0.4, 0.5) is 0 Å². The van der Waals surface area contributed by atoms with Gasteiger partial charge in [-0.05, 0) is 18.6 Å². The zero-order valence-electron chi connectivity index (χ0n) is 4.69. The van der Waals surface area contributed by atoms with Gasteiger partial charge in [0.2, 0.25) is 0 Å². The third kappa shape index (κ3) is 3.24. The number of thiol groups is 1. The van der Waals surface area contributed by atoms with Gasteiger partial charge in [0.05, 0.1) is 0 Å². The molecule has 0 saturated heterocycles. The predicted octanol–water partition coefficient (Wildman–Crippen LogP) is 2.18. The maximum Gasteiger partial charge on any atom is 0.0341 e. The molecule has 7 heavy (non-hydrogen) atoms. The SMILES string of the molecule is CC(Cl)C(C)CS. The summed E-state index contributed by atoms with van der Waals surface area (Å²) in [4.78, 5) is 0. The maximum atomic E-state index is 5.68. The van der Waals surface area contributed by atoms with Crippen LogP contribution in [-0.4, -0.2) is 11.1 Å². The van der Waals surface area contributed by atoms with Gasteiger partial charge in [0.1, 0.15) is 0 Å². The van der Waals surface area contributed by atoms with Crippen LogP contribution in [0.15, 0.2) is 0 Å². The van der Waals surface area contributed by atoms with Crippen molar-refractivity contribution in [3.8, 4) is 0 Å². The lowest BCUT2D eigenvalue weighted by Gasteiger charge is -2.07. The van der Waals surface area contributed by atoms with E-state index >= 15 is 0 Å². The summed E-state index contributed by atoms with van der Waals surface area (Å²) in [5.41, 5.74) is 0. The Hall–Kier alpha value is 0.640. The molecule has 0 aliphatic carbocycles. The lowest BCUT2D eigenvalue weighted by Crippen LogP contribution is -2.07. The number of rotatable bonds is 2. The fourth-order valence-corrected chi connectivity index (χ4v) is 0.675. The summed E-state index contributed by atoms with van der Waals surface area (Å²) in [6.45, 7) is 4.08. The Morgan fingerprint density at radius 3 is 2.00 bits per heavy atom. The molecule has 0 saturated carbocycles. The normalized spacial score (nSPS) is 18.9. The Morgan fingerprint density at radius 2 is 2.00 bits per heavy atom. The van der Waals surface area contributed by atoms with Crippen LogP contribution in [0.3, 0.4) is 0 Å². The second-order valence-electron chi connectivity index (χ2n) is 1.84. The molecule has 0 amide bonds. The molecule has 0 fully saturated rings. The van der Waals surface area contributed by atoms with E-state index in [0.29, 0.717) is 5.92 Å². The Kier molecular flexibility index (Phi) is 3.95. The van der Waals surface area contributed by atoms with Gasteiger partial charge in [0.15, 0.2) is 0 Å². The van der Waals surface area contributed by atoms with Gasteiger partial charge in [0, 0.05) is 5.38 Å². The predicted molar refractivity (Wildman–Crippen MR) is 38.3 cm³/mol. The van der Waals surface area contributed by atoms with Crippen molar-refractivity contribution in [2.75, 3.05) is 5.75 Å². The molecule has 0 aromatic heterocycles. The molecule has 2 heteroatoms. The molecular formula is C5H11ClS. The van der Waals surface area contributed by atoms with Crippen LogP contribution in [0.1, 0.15) is 13.8 Å². The standard InChI is InChI=1S/C5H11ClS/c1-4(3-7)5(2)6/h4-5,7H,3H2,1-2H3. The molecule has 0 spiro atoms. The minimum Gasteiger partial charge on any atom is -0.179 e. The van der Waals surface area contributed by atoms with Gasteiger partial charge in [-0.25, -0.2) is 0 Å². The van der Waals surface area contributed by atoms with Crippen molar-refractivity contribution in [1.29, 1.82) is 0 Å². The van der Waals surface area contributed by atoms with Crippen molar-refractivity contribution in [1.82, 2.24) is 0 Å². The highest BCUT2D eigenvalue weighted by molar-refractivity contribution is 7.80. The van der Waals surface area contributed by atoms with E-state index in [1.54, 1.807) is 0 Å². The fourth-order valence-electron chi connectivity index (χ4n) is 0.145. The highest BCUT2D eigenvalue weighted by Gasteiger charge is 2.04. The maximum absolute atomic E-state index is 5.68. The first-order valence-corrected chi connectivity index (χ1v) is 3.50. The molecule has 0 bridgehead atoms. The van der Waals surface area contributed by atoms with Crippen LogP contribution in [-0.2, 0) is 0 Å². The Morgan fingerprint density at radius 1 is 1.57 bits per heavy atom. The van der Waals surface area contributed by atoms with Crippen molar-refractivity contribution in [2.24, 2.45) is 5.92 Å². The Bertz CT molecular complexity index is 45.3. The van der Waals surface area contributed by atoms with Gasteiger partial charge in [-0.1, -0.05) is 6.92 Å². The van der Waals surface area contributed by atoms with Crippen LogP contribution in [0.2, 0.25) is 0 Å². The van der Waals surface area contributed by atoms with E-state index < -0.39 is 0 Å². The van der Waals surface area contributed by atoms with E-state index in [1.165, 1.54) is 0 Å². The summed E-state index contributed by atoms with van der Waals surface area (Å²) >= 11 is 9.75. The van der Waals surface area contributed by atoms with E-state index in [4.69, 9.17) is 11.6 Å². The first-order chi connectivity index (χ1) is 3.18. The second kappa shape index (κ2) is 3.62. The third-order valence-corrected chi connectivity index (χ3v) is 2.08. The topological polar surface area (TPSA) is 0 Å². The summed E-state index contributed by atoms with van der Waals surface area (Å²) in [6.07, 6.45) is 0. The third-order valence-electron chi connectivity index (χ3n) is 1.07. The number of hydrogen-bond acceptors (Lipinski definition) is 1. The first-order valence-electron chi connectivity index (χ1n) is 2.43. The Labute approximate surface area is 55.7 Å². The van der Waals surface area contributed by atoms with E-state index in [2.05, 4.69) is 19.6 Å². The zero-order chi connectivity index (χ0) is 5.86. The first kappa shape index (κ1) is 7.64. The van der Waals surface area contributed by atoms with E-state index in [0.717, 1.165) is 5.75 Å². The van der Waals surface area contributed by atoms with Crippen LogP contribution >= 0.6 is 24.2 Å². The van der Waals surface area contributed by atoms with E-state index in [-0.39, 0.29) is 5.38 Å². The van der Waals surface area contributed by atoms with Gasteiger partial charge in [-0.3, -0.25) is 0 Å². The minimum absolute atomic E-state index is 0.262. The summed E-state index contributed by atoms with van der Waals surface area (Å²) in [6, 6.07) is 0. The van der Waals surface area contributed by atoms with Gasteiger partial charge in [-0.15, -0.1) is 11.6 Å². The van der Waals surface area contributed by atoms with Gasteiger partial charge in [0.25, 0.3) is 0 Å². The van der Waals surface area contributed by atoms with Crippen LogP contribution in [0.25, 0.3) is 0 Å². The molecule has 0 nitrogen and oxygen atoms in total. The van der Waals surface area contributed by atoms with Crippen molar-refractivity contribution in [3.05, 3.63) is 0 Å². The zero-order valence-corrected chi connectivity index (χ0v) is 6.34. The molecule has 0 aliphatic heterocycles. The largest absolute Gasteiger partial charge is 0.179 e. The summed E-state index contributed by atoms with van der Waals surface area (Å²) in [5.74, 6) is 1.41. The molecule has 0 aliphatic rings. The minimum atomic E-state index is 0.262. The smallest absolute Gasteiger partial charge is 0.0341 e. The summed E-state index contributed by atoms with van der Waals surface area (Å²) in [7, 11) is 0. The van der Waals surface area contributed by atoms with Gasteiger partial charge in [-0.2, -0.15) is 12.6 Å². The molecule has 0 radical (unpaired) electrons. The van der Waals surface area contributed by atoms with Crippen molar-refractivity contribution >= 4 is 24.2 Å². The quantitative estimate of drug-likeness (QED) is 0.439. The van der Waals surface area contributed by atoms with Crippen LogP contribution in [0.5, 0.6) is 0 Å². The molecule has 0 aromatic carbocycles. The lowest BCUT2D eigenvalue weighted by molar-refractivity contribution is 0.647. The van der Waals surface area contributed by atoms with Crippen molar-refractivity contribution < 1.29 is 0 Å². The number of alkyl halides is 1. The molecular weight excluding hydrogens is 128 g/mol. The highest BCUT2D eigenvalue weighted by atomic mass is 35.5. The van der Waals surface area contributed by atoms with E-state index in [1.807, 2.05) is 6.92 Å². The molecule has 0 aromatic rings. The molecule has 2 atom stereocenters. The average molecular weight is 139 g/mol. The number of hydrogen-bond donors (Lipinski definition) is 1. The molecule has 44 valence electrons. The molecule has 0 N–H and O–H groups in total. The van der Waals surface area contributed by atoms with Gasteiger partial charge >= 0.3 is 0 Å². The highest BCUT2D eigenvalue weighted by Crippen LogP contribution is 2.09. The number of halogens is 1. The second-order valence-corrected chi connectivity index (χ2v) is 2.89. The molecule has 0 heterocycles. The summed E-state index contributed by atoms with van der Waals surface area (Å²) in [5, 5.41) is 0.262. The Balaban J connectivity index is 3.14. The molecule has 2 unspecified atom stereocenters. The van der Waals surface area contributed by atoms with E-state index in [9.17, 15) is 0 Å². The van der Waals surface area contributed by atoms with Crippen LogP contribution in [0, 0.1) is 5.92 Å². The van der Waals surface area contributed by atoms with Crippen molar-refractivity contribution in [3.63, 3.8) is 0 Å². The summed E-state index contributed by atoms with van der Waals surface area (Å²) < 4.78 is 0.